The number of aromatic nitrogens is 2. The highest BCUT2D eigenvalue weighted by atomic mass is 16.2. The maximum absolute atomic E-state index is 12.2. The first-order chi connectivity index (χ1) is 16.5. The molecule has 2 aromatic heterocycles. The lowest BCUT2D eigenvalue weighted by Gasteiger charge is -2.17. The summed E-state index contributed by atoms with van der Waals surface area (Å²) < 4.78 is 0. The van der Waals surface area contributed by atoms with Crippen molar-refractivity contribution in [2.45, 2.75) is 0 Å². The fourth-order valence-electron chi connectivity index (χ4n) is 4.30. The minimum Gasteiger partial charge on any atom is -0.269 e. The molecule has 0 atom stereocenters. The van der Waals surface area contributed by atoms with E-state index in [9.17, 15) is 19.2 Å². The molecule has 4 aromatic rings. The van der Waals surface area contributed by atoms with Crippen LogP contribution in [0.5, 0.6) is 0 Å². The Labute approximate surface area is 192 Å². The molecule has 0 fully saturated rings. The van der Waals surface area contributed by atoms with Crippen LogP contribution in [0, 0.1) is 0 Å². The number of benzene rings is 2. The van der Waals surface area contributed by atoms with Crippen molar-refractivity contribution in [3.63, 3.8) is 0 Å². The Balaban J connectivity index is 1.55. The van der Waals surface area contributed by atoms with Crippen molar-refractivity contribution in [2.75, 3.05) is 9.80 Å². The SMILES string of the molecule is O=C1C=CC(=O)N1c1cnc2cccc(-c3cccc4ncc(N5C(=O)C=CC5=O)cc34)c2c1. The molecule has 162 valence electrons. The third-order valence-corrected chi connectivity index (χ3v) is 5.85. The van der Waals surface area contributed by atoms with Gasteiger partial charge in [0.25, 0.3) is 23.6 Å². The maximum atomic E-state index is 12.2. The summed E-state index contributed by atoms with van der Waals surface area (Å²) in [5.41, 5.74) is 3.73. The summed E-state index contributed by atoms with van der Waals surface area (Å²) in [7, 11) is 0. The van der Waals surface area contributed by atoms with Crippen LogP contribution in [0.2, 0.25) is 0 Å². The van der Waals surface area contributed by atoms with Crippen molar-refractivity contribution in [3.05, 3.63) is 85.2 Å². The summed E-state index contributed by atoms with van der Waals surface area (Å²) in [4.78, 5) is 59.8. The van der Waals surface area contributed by atoms with Crippen molar-refractivity contribution in [1.82, 2.24) is 9.97 Å². The summed E-state index contributed by atoms with van der Waals surface area (Å²) in [6, 6.07) is 14.8. The predicted molar refractivity (Wildman–Crippen MR) is 126 cm³/mol. The monoisotopic (exact) mass is 446 g/mol. The molecule has 0 bridgehead atoms. The smallest absolute Gasteiger partial charge is 0.258 e. The van der Waals surface area contributed by atoms with Gasteiger partial charge in [0.2, 0.25) is 0 Å². The van der Waals surface area contributed by atoms with Gasteiger partial charge in [0.1, 0.15) is 0 Å². The van der Waals surface area contributed by atoms with E-state index in [1.807, 2.05) is 36.4 Å². The lowest BCUT2D eigenvalue weighted by atomic mass is 9.96. The van der Waals surface area contributed by atoms with E-state index in [2.05, 4.69) is 9.97 Å². The molecule has 8 nitrogen and oxygen atoms in total. The van der Waals surface area contributed by atoms with E-state index >= 15 is 0 Å². The molecule has 4 heterocycles. The van der Waals surface area contributed by atoms with Gasteiger partial charge in [0, 0.05) is 35.1 Å². The number of rotatable bonds is 3. The van der Waals surface area contributed by atoms with Crippen LogP contribution < -0.4 is 9.80 Å². The lowest BCUT2D eigenvalue weighted by Crippen LogP contribution is -2.29. The number of carbonyl (C=O) groups is 4. The van der Waals surface area contributed by atoms with Crippen LogP contribution in [-0.4, -0.2) is 33.6 Å². The molecule has 2 aliphatic rings. The number of fused-ring (bicyclic) bond motifs is 2. The molecular formula is C26H14N4O4. The first-order valence-corrected chi connectivity index (χ1v) is 10.4. The third-order valence-electron chi connectivity index (χ3n) is 5.85. The number of carbonyl (C=O) groups excluding carboxylic acids is 4. The Morgan fingerprint density at radius 3 is 1.29 bits per heavy atom. The summed E-state index contributed by atoms with van der Waals surface area (Å²) in [6.07, 6.45) is 7.90. The first kappa shape index (κ1) is 19.7. The molecule has 4 amide bonds. The van der Waals surface area contributed by atoms with Gasteiger partial charge in [-0.2, -0.15) is 0 Å². The van der Waals surface area contributed by atoms with Gasteiger partial charge in [-0.1, -0.05) is 24.3 Å². The Kier molecular flexibility index (Phi) is 4.21. The number of imide groups is 2. The average molecular weight is 446 g/mol. The molecule has 0 saturated heterocycles. The third kappa shape index (κ3) is 2.93. The second kappa shape index (κ2) is 7.28. The molecule has 2 aliphatic heterocycles. The standard InChI is InChI=1S/C26H14N4O4/c31-23-7-8-24(32)29(23)15-11-19-17(3-1-5-21(19)27-13-15)18-4-2-6-22-20(18)12-16(14-28-22)30-25(33)9-10-26(30)34/h1-14H. The highest BCUT2D eigenvalue weighted by Crippen LogP contribution is 2.36. The number of hydrogen-bond acceptors (Lipinski definition) is 6. The number of amides is 4. The van der Waals surface area contributed by atoms with E-state index in [-0.39, 0.29) is 0 Å². The second-order valence-corrected chi connectivity index (χ2v) is 7.82. The first-order valence-electron chi connectivity index (χ1n) is 10.4. The van der Waals surface area contributed by atoms with Gasteiger partial charge in [-0.3, -0.25) is 29.1 Å². The Bertz CT molecular complexity index is 1490. The van der Waals surface area contributed by atoms with Gasteiger partial charge in [-0.25, -0.2) is 9.80 Å². The van der Waals surface area contributed by atoms with Gasteiger partial charge in [0.15, 0.2) is 0 Å². The summed E-state index contributed by atoms with van der Waals surface area (Å²) in [5.74, 6) is -1.68. The van der Waals surface area contributed by atoms with E-state index in [0.29, 0.717) is 22.4 Å². The molecular weight excluding hydrogens is 432 g/mol. The van der Waals surface area contributed by atoms with Crippen molar-refractivity contribution in [1.29, 1.82) is 0 Å². The van der Waals surface area contributed by atoms with Gasteiger partial charge in [-0.15, -0.1) is 0 Å². The normalized spacial score (nSPS) is 15.5. The van der Waals surface area contributed by atoms with E-state index in [1.165, 1.54) is 36.7 Å². The molecule has 6 rings (SSSR count). The lowest BCUT2D eigenvalue weighted by molar-refractivity contribution is -0.121. The van der Waals surface area contributed by atoms with Crippen molar-refractivity contribution >= 4 is 56.8 Å². The minimum absolute atomic E-state index is 0.373. The molecule has 0 spiro atoms. The number of nitrogens with zero attached hydrogens (tertiary/aromatic N) is 4. The number of pyridine rings is 2. The largest absolute Gasteiger partial charge is 0.269 e. The predicted octanol–water partition coefficient (Wildman–Crippen LogP) is 3.31. The number of hydrogen-bond donors (Lipinski definition) is 0. The summed E-state index contributed by atoms with van der Waals surface area (Å²) in [6.45, 7) is 0. The average Bonchev–Trinajstić information content (AvgIpc) is 3.37. The second-order valence-electron chi connectivity index (χ2n) is 7.82. The van der Waals surface area contributed by atoms with Crippen LogP contribution in [0.25, 0.3) is 32.9 Å². The molecule has 34 heavy (non-hydrogen) atoms. The Morgan fingerprint density at radius 2 is 0.912 bits per heavy atom. The maximum Gasteiger partial charge on any atom is 0.258 e. The fourth-order valence-corrected chi connectivity index (χ4v) is 4.30. The van der Waals surface area contributed by atoms with E-state index in [0.717, 1.165) is 31.7 Å². The van der Waals surface area contributed by atoms with Crippen molar-refractivity contribution in [3.8, 4) is 11.1 Å². The van der Waals surface area contributed by atoms with E-state index < -0.39 is 23.6 Å². The minimum atomic E-state index is -0.420. The zero-order chi connectivity index (χ0) is 23.4. The quantitative estimate of drug-likeness (QED) is 0.448. The molecule has 0 unspecified atom stereocenters. The van der Waals surface area contributed by atoms with Gasteiger partial charge < -0.3 is 0 Å². The highest BCUT2D eigenvalue weighted by molar-refractivity contribution is 6.29. The summed E-state index contributed by atoms with van der Waals surface area (Å²) in [5, 5.41) is 1.47. The molecule has 0 radical (unpaired) electrons. The van der Waals surface area contributed by atoms with Crippen LogP contribution in [-0.2, 0) is 19.2 Å². The van der Waals surface area contributed by atoms with Crippen LogP contribution in [0.3, 0.4) is 0 Å². The Hall–Kier alpha value is -4.98. The van der Waals surface area contributed by atoms with Gasteiger partial charge >= 0.3 is 0 Å². The molecule has 8 heteroatoms. The van der Waals surface area contributed by atoms with E-state index in [4.69, 9.17) is 0 Å². The topological polar surface area (TPSA) is 101 Å². The zero-order valence-electron chi connectivity index (χ0n) is 17.5. The van der Waals surface area contributed by atoms with Crippen molar-refractivity contribution < 1.29 is 19.2 Å². The zero-order valence-corrected chi connectivity index (χ0v) is 17.5. The summed E-state index contributed by atoms with van der Waals surface area (Å²) >= 11 is 0. The molecule has 0 aliphatic carbocycles. The fraction of sp³-hybridized carbons (Fsp3) is 0. The van der Waals surface area contributed by atoms with Crippen LogP contribution in [0.1, 0.15) is 0 Å². The number of anilines is 2. The molecule has 0 N–H and O–H groups in total. The van der Waals surface area contributed by atoms with Crippen LogP contribution in [0.15, 0.2) is 85.2 Å². The van der Waals surface area contributed by atoms with E-state index in [1.54, 1.807) is 12.1 Å². The van der Waals surface area contributed by atoms with Gasteiger partial charge in [-0.05, 0) is 35.4 Å². The van der Waals surface area contributed by atoms with Gasteiger partial charge in [0.05, 0.1) is 34.8 Å². The molecule has 0 saturated carbocycles. The van der Waals surface area contributed by atoms with Crippen LogP contribution in [0.4, 0.5) is 11.4 Å². The highest BCUT2D eigenvalue weighted by Gasteiger charge is 2.27. The Morgan fingerprint density at radius 1 is 0.529 bits per heavy atom. The van der Waals surface area contributed by atoms with Crippen molar-refractivity contribution in [2.24, 2.45) is 0 Å². The molecule has 2 aromatic carbocycles. The van der Waals surface area contributed by atoms with Crippen LogP contribution >= 0.6 is 0 Å².